The summed E-state index contributed by atoms with van der Waals surface area (Å²) in [5.74, 6) is -0.192. The Hall–Kier alpha value is -0.883. The topological polar surface area (TPSA) is 64.6 Å². The minimum Gasteiger partial charge on any atom is -0.453 e. The Morgan fingerprint density at radius 1 is 1.25 bits per heavy atom. The standard InChI is InChI=1S/C14H29NO4Si/c1-10(9-19-20(7,8)14(3,4)5)12(11(2)16)15-13(17)18-6/h10,12H,9H2,1-8H3,(H,15,17)/t10-,12+/m1/s1. The van der Waals surface area contributed by atoms with Crippen molar-refractivity contribution in [3.05, 3.63) is 0 Å². The molecule has 0 saturated heterocycles. The zero-order chi connectivity index (χ0) is 16.1. The van der Waals surface area contributed by atoms with E-state index in [1.807, 2.05) is 6.92 Å². The lowest BCUT2D eigenvalue weighted by molar-refractivity contribution is -0.120. The SMILES string of the molecule is COC(=O)N[C@H](C(C)=O)[C@H](C)CO[Si](C)(C)C(C)(C)C. The van der Waals surface area contributed by atoms with Gasteiger partial charge >= 0.3 is 6.09 Å². The molecule has 6 heteroatoms. The summed E-state index contributed by atoms with van der Waals surface area (Å²) in [7, 11) is -0.571. The first kappa shape index (κ1) is 19.1. The largest absolute Gasteiger partial charge is 0.453 e. The maximum absolute atomic E-state index is 11.6. The van der Waals surface area contributed by atoms with Gasteiger partial charge in [-0.25, -0.2) is 4.79 Å². The summed E-state index contributed by atoms with van der Waals surface area (Å²) in [6.45, 7) is 14.6. The molecule has 0 saturated carbocycles. The van der Waals surface area contributed by atoms with Crippen LogP contribution in [0.5, 0.6) is 0 Å². The van der Waals surface area contributed by atoms with Crippen molar-refractivity contribution in [1.29, 1.82) is 0 Å². The van der Waals surface area contributed by atoms with Crippen LogP contribution in [-0.4, -0.2) is 40.0 Å². The fourth-order valence-corrected chi connectivity index (χ4v) is 2.60. The molecular formula is C14H29NO4Si. The van der Waals surface area contributed by atoms with E-state index >= 15 is 0 Å². The van der Waals surface area contributed by atoms with Gasteiger partial charge < -0.3 is 14.5 Å². The fraction of sp³-hybridized carbons (Fsp3) is 0.857. The molecule has 118 valence electrons. The maximum Gasteiger partial charge on any atom is 0.407 e. The van der Waals surface area contributed by atoms with Crippen LogP contribution in [-0.2, 0) is 14.0 Å². The summed E-state index contributed by atoms with van der Waals surface area (Å²) < 4.78 is 10.6. The zero-order valence-electron chi connectivity index (χ0n) is 14.0. The van der Waals surface area contributed by atoms with Gasteiger partial charge in [-0.2, -0.15) is 0 Å². The van der Waals surface area contributed by atoms with Gasteiger partial charge in [-0.15, -0.1) is 0 Å². The number of ketones is 1. The average molecular weight is 303 g/mol. The predicted molar refractivity (Wildman–Crippen MR) is 82.3 cm³/mol. The molecule has 0 radical (unpaired) electrons. The Bertz CT molecular complexity index is 350. The van der Waals surface area contributed by atoms with Crippen molar-refractivity contribution in [3.63, 3.8) is 0 Å². The van der Waals surface area contributed by atoms with Gasteiger partial charge in [-0.05, 0) is 25.1 Å². The minimum absolute atomic E-state index is 0.0956. The van der Waals surface area contributed by atoms with Crippen LogP contribution in [0.1, 0.15) is 34.6 Å². The second-order valence-electron chi connectivity index (χ2n) is 6.77. The number of rotatable bonds is 6. The molecule has 20 heavy (non-hydrogen) atoms. The lowest BCUT2D eigenvalue weighted by Gasteiger charge is -2.37. The van der Waals surface area contributed by atoms with Crippen LogP contribution in [0.25, 0.3) is 0 Å². The number of Topliss-reactive ketones (excluding diaryl/α,β-unsaturated/α-hetero) is 1. The van der Waals surface area contributed by atoms with Crippen molar-refractivity contribution < 1.29 is 18.8 Å². The molecule has 0 aliphatic carbocycles. The number of amides is 1. The van der Waals surface area contributed by atoms with Crippen LogP contribution >= 0.6 is 0 Å². The molecule has 0 aromatic rings. The van der Waals surface area contributed by atoms with Gasteiger partial charge in [0, 0.05) is 12.5 Å². The summed E-state index contributed by atoms with van der Waals surface area (Å²) in [5, 5.41) is 2.68. The Kier molecular flexibility index (Phi) is 6.90. The first-order chi connectivity index (χ1) is 8.92. The number of carbonyl (C=O) groups excluding carboxylic acids is 2. The molecule has 0 aromatic heterocycles. The van der Waals surface area contributed by atoms with E-state index in [1.165, 1.54) is 14.0 Å². The smallest absolute Gasteiger partial charge is 0.407 e. The number of carbonyl (C=O) groups is 2. The van der Waals surface area contributed by atoms with Crippen LogP contribution in [0.3, 0.4) is 0 Å². The van der Waals surface area contributed by atoms with Crippen LogP contribution in [0.15, 0.2) is 0 Å². The third kappa shape index (κ3) is 5.62. The number of methoxy groups -OCH3 is 1. The highest BCUT2D eigenvalue weighted by Gasteiger charge is 2.38. The zero-order valence-corrected chi connectivity index (χ0v) is 15.0. The molecule has 0 heterocycles. The molecular weight excluding hydrogens is 274 g/mol. The summed E-state index contributed by atoms with van der Waals surface area (Å²) in [4.78, 5) is 22.9. The van der Waals surface area contributed by atoms with E-state index in [0.29, 0.717) is 6.61 Å². The lowest BCUT2D eigenvalue weighted by Crippen LogP contribution is -2.48. The van der Waals surface area contributed by atoms with Crippen molar-refractivity contribution in [2.75, 3.05) is 13.7 Å². The van der Waals surface area contributed by atoms with Crippen LogP contribution in [0, 0.1) is 5.92 Å². The lowest BCUT2D eigenvalue weighted by atomic mass is 10.00. The molecule has 0 unspecified atom stereocenters. The van der Waals surface area contributed by atoms with Crippen LogP contribution < -0.4 is 5.32 Å². The maximum atomic E-state index is 11.6. The first-order valence-electron chi connectivity index (χ1n) is 6.91. The Morgan fingerprint density at radius 3 is 2.10 bits per heavy atom. The minimum atomic E-state index is -1.85. The van der Waals surface area contributed by atoms with Gasteiger partial charge in [-0.3, -0.25) is 4.79 Å². The Labute approximate surface area is 123 Å². The van der Waals surface area contributed by atoms with E-state index in [1.54, 1.807) is 0 Å². The number of nitrogens with one attached hydrogen (secondary N) is 1. The number of hydrogen-bond donors (Lipinski definition) is 1. The van der Waals surface area contributed by atoms with Gasteiger partial charge in [-0.1, -0.05) is 27.7 Å². The summed E-state index contributed by atoms with van der Waals surface area (Å²) in [5.41, 5.74) is 0. The highest BCUT2D eigenvalue weighted by Crippen LogP contribution is 2.36. The van der Waals surface area contributed by atoms with Crippen molar-refractivity contribution in [2.24, 2.45) is 5.92 Å². The van der Waals surface area contributed by atoms with Gasteiger partial charge in [0.25, 0.3) is 0 Å². The monoisotopic (exact) mass is 303 g/mol. The highest BCUT2D eigenvalue weighted by molar-refractivity contribution is 6.74. The molecule has 0 fully saturated rings. The van der Waals surface area contributed by atoms with Crippen molar-refractivity contribution in [1.82, 2.24) is 5.32 Å². The molecule has 0 aliphatic rings. The van der Waals surface area contributed by atoms with E-state index in [-0.39, 0.29) is 16.7 Å². The molecule has 5 nitrogen and oxygen atoms in total. The molecule has 0 aliphatic heterocycles. The molecule has 0 spiro atoms. The highest BCUT2D eigenvalue weighted by atomic mass is 28.4. The molecule has 2 atom stereocenters. The average Bonchev–Trinajstić information content (AvgIpc) is 2.30. The number of ether oxygens (including phenoxy) is 1. The Morgan fingerprint density at radius 2 is 1.75 bits per heavy atom. The Balaban J connectivity index is 4.67. The quantitative estimate of drug-likeness (QED) is 0.766. The van der Waals surface area contributed by atoms with Gasteiger partial charge in [0.2, 0.25) is 0 Å². The van der Waals surface area contributed by atoms with Crippen LogP contribution in [0.2, 0.25) is 18.1 Å². The third-order valence-corrected chi connectivity index (χ3v) is 8.48. The van der Waals surface area contributed by atoms with Gasteiger partial charge in [0.15, 0.2) is 14.1 Å². The van der Waals surface area contributed by atoms with E-state index in [4.69, 9.17) is 4.43 Å². The third-order valence-electron chi connectivity index (χ3n) is 3.98. The number of hydrogen-bond acceptors (Lipinski definition) is 4. The van der Waals surface area contributed by atoms with E-state index in [2.05, 4.69) is 43.9 Å². The molecule has 1 amide bonds. The van der Waals surface area contributed by atoms with E-state index in [0.717, 1.165) is 0 Å². The molecule has 0 rings (SSSR count). The predicted octanol–water partition coefficient (Wildman–Crippen LogP) is 2.96. The summed E-state index contributed by atoms with van der Waals surface area (Å²) in [6, 6.07) is -0.577. The first-order valence-corrected chi connectivity index (χ1v) is 9.82. The van der Waals surface area contributed by atoms with Gasteiger partial charge in [0.1, 0.15) is 0 Å². The summed E-state index contributed by atoms with van der Waals surface area (Å²) >= 11 is 0. The van der Waals surface area contributed by atoms with E-state index < -0.39 is 20.5 Å². The number of alkyl carbamates (subject to hydrolysis) is 1. The summed E-state index contributed by atoms with van der Waals surface area (Å²) in [6.07, 6.45) is -0.593. The second kappa shape index (κ2) is 7.22. The molecule has 1 N–H and O–H groups in total. The molecule has 0 bridgehead atoms. The second-order valence-corrected chi connectivity index (χ2v) is 11.6. The van der Waals surface area contributed by atoms with Crippen molar-refractivity contribution in [2.45, 2.75) is 58.8 Å². The normalized spacial score (nSPS) is 15.4. The van der Waals surface area contributed by atoms with Gasteiger partial charge in [0.05, 0.1) is 13.2 Å². The van der Waals surface area contributed by atoms with Crippen LogP contribution in [0.4, 0.5) is 4.79 Å². The van der Waals surface area contributed by atoms with E-state index in [9.17, 15) is 9.59 Å². The molecule has 0 aromatic carbocycles. The van der Waals surface area contributed by atoms with Crippen molar-refractivity contribution in [3.8, 4) is 0 Å². The van der Waals surface area contributed by atoms with Crippen molar-refractivity contribution >= 4 is 20.2 Å². The fourth-order valence-electron chi connectivity index (χ4n) is 1.48.